The molecule has 3 rings (SSSR count). The Kier molecular flexibility index (Phi) is 5.28. The van der Waals surface area contributed by atoms with Crippen LogP contribution in [0.2, 0.25) is 0 Å². The lowest BCUT2D eigenvalue weighted by atomic mass is 10.2. The average Bonchev–Trinajstić information content (AvgIpc) is 2.64. The maximum atomic E-state index is 12.4. The number of rotatable bonds is 5. The van der Waals surface area contributed by atoms with Crippen LogP contribution in [0.4, 0.5) is 5.69 Å². The summed E-state index contributed by atoms with van der Waals surface area (Å²) >= 11 is 0. The molecule has 0 atom stereocenters. The van der Waals surface area contributed by atoms with E-state index in [1.807, 2.05) is 31.2 Å². The lowest BCUT2D eigenvalue weighted by molar-refractivity contribution is 0.102. The van der Waals surface area contributed by atoms with Crippen LogP contribution in [0.5, 0.6) is 11.5 Å². The van der Waals surface area contributed by atoms with Crippen LogP contribution in [0, 0.1) is 6.92 Å². The first-order chi connectivity index (χ1) is 12.8. The van der Waals surface area contributed by atoms with E-state index in [9.17, 15) is 13.2 Å². The Labute approximate surface area is 158 Å². The summed E-state index contributed by atoms with van der Waals surface area (Å²) in [4.78, 5) is 12.5. The van der Waals surface area contributed by atoms with Gasteiger partial charge < -0.3 is 10.1 Å². The summed E-state index contributed by atoms with van der Waals surface area (Å²) < 4.78 is 29.0. The lowest BCUT2D eigenvalue weighted by Gasteiger charge is -2.09. The zero-order valence-corrected chi connectivity index (χ0v) is 15.8. The number of hydrogen-bond acceptors (Lipinski definition) is 4. The van der Waals surface area contributed by atoms with Gasteiger partial charge in [0.25, 0.3) is 5.91 Å². The van der Waals surface area contributed by atoms with Crippen molar-refractivity contribution in [3.63, 3.8) is 0 Å². The first kappa shape index (κ1) is 18.7. The first-order valence-electron chi connectivity index (χ1n) is 8.27. The fourth-order valence-electron chi connectivity index (χ4n) is 2.42. The first-order valence-corrected chi connectivity index (χ1v) is 10.2. The molecule has 3 aromatic carbocycles. The van der Waals surface area contributed by atoms with Crippen molar-refractivity contribution in [3.05, 3.63) is 83.9 Å². The normalized spacial score (nSPS) is 11.0. The Morgan fingerprint density at radius 2 is 1.48 bits per heavy atom. The minimum absolute atomic E-state index is 0.108. The molecule has 138 valence electrons. The Balaban J connectivity index is 1.69. The highest BCUT2D eigenvalue weighted by molar-refractivity contribution is 7.90. The smallest absolute Gasteiger partial charge is 0.255 e. The molecule has 0 aliphatic heterocycles. The second-order valence-electron chi connectivity index (χ2n) is 6.19. The van der Waals surface area contributed by atoms with E-state index in [0.29, 0.717) is 11.4 Å². The molecule has 0 heterocycles. The summed E-state index contributed by atoms with van der Waals surface area (Å²) in [7, 11) is -3.37. The highest BCUT2D eigenvalue weighted by Gasteiger charge is 2.12. The number of carbonyl (C=O) groups excluding carboxylic acids is 1. The van der Waals surface area contributed by atoms with Crippen molar-refractivity contribution < 1.29 is 17.9 Å². The van der Waals surface area contributed by atoms with Crippen LogP contribution in [0.25, 0.3) is 0 Å². The summed E-state index contributed by atoms with van der Waals surface area (Å²) in [5.74, 6) is 0.999. The van der Waals surface area contributed by atoms with Crippen molar-refractivity contribution in [2.24, 2.45) is 0 Å². The average molecular weight is 381 g/mol. The Morgan fingerprint density at radius 1 is 0.889 bits per heavy atom. The molecule has 0 unspecified atom stereocenters. The maximum Gasteiger partial charge on any atom is 0.255 e. The van der Waals surface area contributed by atoms with Crippen LogP contribution in [0.15, 0.2) is 77.7 Å². The van der Waals surface area contributed by atoms with Gasteiger partial charge in [0.2, 0.25) is 0 Å². The van der Waals surface area contributed by atoms with Crippen LogP contribution < -0.4 is 10.1 Å². The number of anilines is 1. The van der Waals surface area contributed by atoms with E-state index in [2.05, 4.69) is 5.32 Å². The van der Waals surface area contributed by atoms with Crippen molar-refractivity contribution in [1.29, 1.82) is 0 Å². The van der Waals surface area contributed by atoms with Gasteiger partial charge in [0.1, 0.15) is 11.5 Å². The number of ether oxygens (including phenoxy) is 1. The molecule has 0 radical (unpaired) electrons. The molecule has 0 aromatic heterocycles. The van der Waals surface area contributed by atoms with Crippen molar-refractivity contribution >= 4 is 21.4 Å². The van der Waals surface area contributed by atoms with Crippen LogP contribution in [-0.2, 0) is 9.84 Å². The van der Waals surface area contributed by atoms with E-state index >= 15 is 0 Å². The molecule has 27 heavy (non-hydrogen) atoms. The van der Waals surface area contributed by atoms with Crippen LogP contribution in [0.3, 0.4) is 0 Å². The van der Waals surface area contributed by atoms with Crippen molar-refractivity contribution in [2.75, 3.05) is 11.6 Å². The number of hydrogen-bond donors (Lipinski definition) is 1. The van der Waals surface area contributed by atoms with Crippen LogP contribution >= 0.6 is 0 Å². The van der Waals surface area contributed by atoms with E-state index in [1.165, 1.54) is 12.1 Å². The van der Waals surface area contributed by atoms with Crippen molar-refractivity contribution in [2.45, 2.75) is 11.8 Å². The monoisotopic (exact) mass is 381 g/mol. The van der Waals surface area contributed by atoms with E-state index in [4.69, 9.17) is 4.74 Å². The summed E-state index contributed by atoms with van der Waals surface area (Å²) in [5, 5.41) is 2.75. The second kappa shape index (κ2) is 7.63. The fraction of sp³-hybridized carbons (Fsp3) is 0.0952. The summed E-state index contributed by atoms with van der Waals surface area (Å²) in [6.07, 6.45) is 1.11. The van der Waals surface area contributed by atoms with E-state index in [0.717, 1.165) is 17.6 Å². The van der Waals surface area contributed by atoms with E-state index in [-0.39, 0.29) is 16.4 Å². The molecule has 1 N–H and O–H groups in total. The third-order valence-corrected chi connectivity index (χ3v) is 5.00. The zero-order valence-electron chi connectivity index (χ0n) is 15.0. The summed E-state index contributed by atoms with van der Waals surface area (Å²) in [5.41, 5.74) is 2.01. The van der Waals surface area contributed by atoms with Crippen molar-refractivity contribution in [1.82, 2.24) is 0 Å². The minimum Gasteiger partial charge on any atom is -0.457 e. The lowest BCUT2D eigenvalue weighted by Crippen LogP contribution is -2.12. The van der Waals surface area contributed by atoms with Gasteiger partial charge in [0.05, 0.1) is 4.90 Å². The number of amides is 1. The van der Waals surface area contributed by atoms with Gasteiger partial charge in [0.15, 0.2) is 9.84 Å². The number of nitrogens with one attached hydrogen (secondary N) is 1. The van der Waals surface area contributed by atoms with Gasteiger partial charge in [-0.25, -0.2) is 8.42 Å². The largest absolute Gasteiger partial charge is 0.457 e. The van der Waals surface area contributed by atoms with Gasteiger partial charge in [-0.1, -0.05) is 23.8 Å². The number of aryl methyl sites for hydroxylation is 1. The quantitative estimate of drug-likeness (QED) is 0.709. The highest BCUT2D eigenvalue weighted by Crippen LogP contribution is 2.23. The highest BCUT2D eigenvalue weighted by atomic mass is 32.2. The molecule has 0 fully saturated rings. The van der Waals surface area contributed by atoms with Crippen LogP contribution in [-0.4, -0.2) is 20.6 Å². The molecule has 0 bridgehead atoms. The predicted molar refractivity (Wildman–Crippen MR) is 105 cm³/mol. The SMILES string of the molecule is Cc1ccc(Oc2ccc(NC(=O)c3cccc(S(C)(=O)=O)c3)cc2)cc1. The molecule has 1 amide bonds. The second-order valence-corrected chi connectivity index (χ2v) is 8.21. The molecule has 0 aliphatic rings. The fourth-order valence-corrected chi connectivity index (χ4v) is 3.09. The summed E-state index contributed by atoms with van der Waals surface area (Å²) in [6.45, 7) is 2.01. The zero-order chi connectivity index (χ0) is 19.4. The van der Waals surface area contributed by atoms with Gasteiger partial charge >= 0.3 is 0 Å². The molecular formula is C21H19NO4S. The number of carbonyl (C=O) groups is 1. The third-order valence-electron chi connectivity index (χ3n) is 3.89. The van der Waals surface area contributed by atoms with Gasteiger partial charge in [-0.05, 0) is 61.5 Å². The minimum atomic E-state index is -3.37. The van der Waals surface area contributed by atoms with Gasteiger partial charge in [-0.15, -0.1) is 0 Å². The maximum absolute atomic E-state index is 12.4. The molecule has 0 aliphatic carbocycles. The molecule has 5 nitrogen and oxygen atoms in total. The standard InChI is InChI=1S/C21H19NO4S/c1-15-6-10-18(11-7-15)26-19-12-8-17(9-13-19)22-21(23)16-4-3-5-20(14-16)27(2,24)25/h3-14H,1-2H3,(H,22,23). The number of sulfone groups is 1. The Bertz CT molecular complexity index is 1060. The van der Waals surface area contributed by atoms with Crippen molar-refractivity contribution in [3.8, 4) is 11.5 Å². The molecule has 6 heteroatoms. The molecule has 0 saturated heterocycles. The predicted octanol–water partition coefficient (Wildman–Crippen LogP) is 4.44. The Morgan fingerprint density at radius 3 is 2.07 bits per heavy atom. The van der Waals surface area contributed by atoms with E-state index in [1.54, 1.807) is 36.4 Å². The van der Waals surface area contributed by atoms with Gasteiger partial charge in [0, 0.05) is 17.5 Å². The van der Waals surface area contributed by atoms with Crippen LogP contribution in [0.1, 0.15) is 15.9 Å². The van der Waals surface area contributed by atoms with Gasteiger partial charge in [-0.2, -0.15) is 0 Å². The molecule has 0 spiro atoms. The topological polar surface area (TPSA) is 72.5 Å². The Hall–Kier alpha value is -3.12. The molecule has 3 aromatic rings. The van der Waals surface area contributed by atoms with Gasteiger partial charge in [-0.3, -0.25) is 4.79 Å². The number of benzene rings is 3. The third kappa shape index (κ3) is 4.95. The molecule has 0 saturated carbocycles. The summed E-state index contributed by atoms with van der Waals surface area (Å²) in [6, 6.07) is 20.6. The molecular weight excluding hydrogens is 362 g/mol. The van der Waals surface area contributed by atoms with E-state index < -0.39 is 9.84 Å².